The van der Waals surface area contributed by atoms with E-state index < -0.39 is 10.0 Å². The summed E-state index contributed by atoms with van der Waals surface area (Å²) >= 11 is 0. The zero-order chi connectivity index (χ0) is 13.1. The van der Waals surface area contributed by atoms with Gasteiger partial charge in [0.05, 0.1) is 5.75 Å². The van der Waals surface area contributed by atoms with E-state index in [0.717, 1.165) is 19.3 Å². The molecule has 0 aromatic rings. The number of sulfonamides is 1. The van der Waals surface area contributed by atoms with Crippen LogP contribution in [0.1, 0.15) is 46.5 Å². The van der Waals surface area contributed by atoms with E-state index >= 15 is 0 Å². The largest absolute Gasteiger partial charge is 0.300 e. The summed E-state index contributed by atoms with van der Waals surface area (Å²) < 4.78 is 26.0. The molecular formula is C12H23NO3S. The van der Waals surface area contributed by atoms with Crippen molar-refractivity contribution in [1.29, 1.82) is 0 Å². The Morgan fingerprint density at radius 3 is 2.53 bits per heavy atom. The second kappa shape index (κ2) is 5.96. The van der Waals surface area contributed by atoms with Gasteiger partial charge in [-0.3, -0.25) is 4.79 Å². The van der Waals surface area contributed by atoms with Crippen molar-refractivity contribution in [2.75, 3.05) is 12.3 Å². The Labute approximate surface area is 104 Å². The highest BCUT2D eigenvalue weighted by molar-refractivity contribution is 7.89. The van der Waals surface area contributed by atoms with Gasteiger partial charge in [0.15, 0.2) is 0 Å². The third kappa shape index (κ3) is 4.39. The second-order valence-electron chi connectivity index (χ2n) is 5.34. The quantitative estimate of drug-likeness (QED) is 0.758. The van der Waals surface area contributed by atoms with Gasteiger partial charge in [0.25, 0.3) is 0 Å². The number of rotatable bonds is 5. The summed E-state index contributed by atoms with van der Waals surface area (Å²) in [5.41, 5.74) is 0. The number of carbonyl (C=O) groups is 1. The Bertz CT molecular complexity index is 362. The second-order valence-corrected chi connectivity index (χ2v) is 7.31. The minimum atomic E-state index is -3.20. The zero-order valence-corrected chi connectivity index (χ0v) is 11.8. The molecular weight excluding hydrogens is 238 g/mol. The van der Waals surface area contributed by atoms with Crippen LogP contribution in [0.4, 0.5) is 0 Å². The fraction of sp³-hybridized carbons (Fsp3) is 0.917. The van der Waals surface area contributed by atoms with Gasteiger partial charge in [-0.05, 0) is 25.7 Å². The SMILES string of the molecule is CC(=O)CC1CCCCN1S(=O)(=O)CC(C)C. The molecule has 0 amide bonds. The van der Waals surface area contributed by atoms with Crippen molar-refractivity contribution in [3.8, 4) is 0 Å². The van der Waals surface area contributed by atoms with Crippen LogP contribution in [0.25, 0.3) is 0 Å². The Kier molecular flexibility index (Phi) is 5.13. The molecule has 0 aromatic heterocycles. The minimum Gasteiger partial charge on any atom is -0.300 e. The summed E-state index contributed by atoms with van der Waals surface area (Å²) in [6.45, 7) is 5.91. The lowest BCUT2D eigenvalue weighted by Gasteiger charge is -2.34. The Balaban J connectivity index is 2.80. The number of nitrogens with zero attached hydrogens (tertiary/aromatic N) is 1. The monoisotopic (exact) mass is 261 g/mol. The van der Waals surface area contributed by atoms with E-state index in [4.69, 9.17) is 0 Å². The van der Waals surface area contributed by atoms with Crippen LogP contribution in [-0.2, 0) is 14.8 Å². The molecule has 1 fully saturated rings. The van der Waals surface area contributed by atoms with Gasteiger partial charge in [-0.2, -0.15) is 4.31 Å². The van der Waals surface area contributed by atoms with Crippen molar-refractivity contribution < 1.29 is 13.2 Å². The third-order valence-corrected chi connectivity index (χ3v) is 5.28. The Morgan fingerprint density at radius 2 is 2.00 bits per heavy atom. The van der Waals surface area contributed by atoms with Crippen LogP contribution in [0, 0.1) is 5.92 Å². The third-order valence-electron chi connectivity index (χ3n) is 3.00. The summed E-state index contributed by atoms with van der Waals surface area (Å²) in [6.07, 6.45) is 3.10. The molecule has 0 aromatic carbocycles. The maximum absolute atomic E-state index is 12.2. The summed E-state index contributed by atoms with van der Waals surface area (Å²) in [5, 5.41) is 0. The van der Waals surface area contributed by atoms with E-state index in [1.165, 1.54) is 6.92 Å². The lowest BCUT2D eigenvalue weighted by Crippen LogP contribution is -2.46. The van der Waals surface area contributed by atoms with E-state index in [1.54, 1.807) is 4.31 Å². The van der Waals surface area contributed by atoms with Crippen molar-refractivity contribution in [1.82, 2.24) is 4.31 Å². The zero-order valence-electron chi connectivity index (χ0n) is 11.0. The molecule has 1 rings (SSSR count). The van der Waals surface area contributed by atoms with E-state index in [2.05, 4.69) is 0 Å². The van der Waals surface area contributed by atoms with Crippen LogP contribution in [0.5, 0.6) is 0 Å². The molecule has 5 heteroatoms. The van der Waals surface area contributed by atoms with E-state index in [9.17, 15) is 13.2 Å². The lowest BCUT2D eigenvalue weighted by molar-refractivity contribution is -0.118. The first-order valence-electron chi connectivity index (χ1n) is 6.32. The van der Waals surface area contributed by atoms with Gasteiger partial charge in [-0.25, -0.2) is 8.42 Å². The summed E-state index contributed by atoms with van der Waals surface area (Å²) in [6, 6.07) is -0.106. The fourth-order valence-corrected chi connectivity index (χ4v) is 4.47. The minimum absolute atomic E-state index is 0.0710. The number of carbonyl (C=O) groups excluding carboxylic acids is 1. The van der Waals surface area contributed by atoms with Crippen molar-refractivity contribution in [3.63, 3.8) is 0 Å². The van der Waals surface area contributed by atoms with Crippen LogP contribution in [0.3, 0.4) is 0 Å². The van der Waals surface area contributed by atoms with Gasteiger partial charge in [0.1, 0.15) is 5.78 Å². The molecule has 1 aliphatic rings. The summed E-state index contributed by atoms with van der Waals surface area (Å²) in [7, 11) is -3.20. The predicted molar refractivity (Wildman–Crippen MR) is 68.3 cm³/mol. The molecule has 4 nitrogen and oxygen atoms in total. The normalized spacial score (nSPS) is 22.9. The molecule has 1 unspecified atom stereocenters. The maximum atomic E-state index is 12.2. The molecule has 1 saturated heterocycles. The van der Waals surface area contributed by atoms with Crippen LogP contribution >= 0.6 is 0 Å². The van der Waals surface area contributed by atoms with Gasteiger partial charge >= 0.3 is 0 Å². The van der Waals surface area contributed by atoms with Gasteiger partial charge < -0.3 is 0 Å². The van der Waals surface area contributed by atoms with Crippen LogP contribution in [0.15, 0.2) is 0 Å². The molecule has 17 heavy (non-hydrogen) atoms. The van der Waals surface area contributed by atoms with Crippen LogP contribution < -0.4 is 0 Å². The average Bonchev–Trinajstić information content (AvgIpc) is 2.15. The first-order chi connectivity index (χ1) is 7.83. The Hall–Kier alpha value is -0.420. The highest BCUT2D eigenvalue weighted by atomic mass is 32.2. The Morgan fingerprint density at radius 1 is 1.35 bits per heavy atom. The predicted octanol–water partition coefficient (Wildman–Crippen LogP) is 1.81. The first kappa shape index (κ1) is 14.6. The number of ketones is 1. The van der Waals surface area contributed by atoms with Crippen LogP contribution in [0.2, 0.25) is 0 Å². The highest BCUT2D eigenvalue weighted by Gasteiger charge is 2.32. The van der Waals surface area contributed by atoms with Crippen molar-refractivity contribution in [2.24, 2.45) is 5.92 Å². The van der Waals surface area contributed by atoms with E-state index in [-0.39, 0.29) is 23.5 Å². The molecule has 1 aliphatic heterocycles. The average molecular weight is 261 g/mol. The standard InChI is InChI=1S/C12H23NO3S/c1-10(2)9-17(15,16)13-7-5-4-6-12(13)8-11(3)14/h10,12H,4-9H2,1-3H3. The molecule has 1 atom stereocenters. The number of piperidine rings is 1. The number of hydrogen-bond acceptors (Lipinski definition) is 3. The van der Waals surface area contributed by atoms with E-state index in [1.807, 2.05) is 13.8 Å². The topological polar surface area (TPSA) is 54.5 Å². The van der Waals surface area contributed by atoms with Crippen molar-refractivity contribution in [2.45, 2.75) is 52.5 Å². The molecule has 0 spiro atoms. The highest BCUT2D eigenvalue weighted by Crippen LogP contribution is 2.24. The van der Waals surface area contributed by atoms with Gasteiger partial charge in [0.2, 0.25) is 10.0 Å². The smallest absolute Gasteiger partial charge is 0.214 e. The molecule has 0 aliphatic carbocycles. The molecule has 100 valence electrons. The van der Waals surface area contributed by atoms with Gasteiger partial charge in [0, 0.05) is 19.0 Å². The maximum Gasteiger partial charge on any atom is 0.214 e. The van der Waals surface area contributed by atoms with Gasteiger partial charge in [-0.1, -0.05) is 20.3 Å². The molecule has 0 saturated carbocycles. The first-order valence-corrected chi connectivity index (χ1v) is 7.93. The fourth-order valence-electron chi connectivity index (χ4n) is 2.39. The number of hydrogen-bond donors (Lipinski definition) is 0. The molecule has 0 N–H and O–H groups in total. The molecule has 0 bridgehead atoms. The van der Waals surface area contributed by atoms with Crippen LogP contribution in [-0.4, -0.2) is 36.8 Å². The van der Waals surface area contributed by atoms with E-state index in [0.29, 0.717) is 13.0 Å². The lowest BCUT2D eigenvalue weighted by atomic mass is 10.0. The molecule has 0 radical (unpaired) electrons. The number of Topliss-reactive ketones (excluding diaryl/α,β-unsaturated/α-hetero) is 1. The van der Waals surface area contributed by atoms with Gasteiger partial charge in [-0.15, -0.1) is 0 Å². The van der Waals surface area contributed by atoms with Crippen molar-refractivity contribution in [3.05, 3.63) is 0 Å². The summed E-state index contributed by atoms with van der Waals surface area (Å²) in [5.74, 6) is 0.378. The summed E-state index contributed by atoms with van der Waals surface area (Å²) in [4.78, 5) is 11.2. The van der Waals surface area contributed by atoms with Crippen molar-refractivity contribution >= 4 is 15.8 Å². The molecule has 1 heterocycles.